The number of aliphatic imine (C=N–C) groups is 1. The summed E-state index contributed by atoms with van der Waals surface area (Å²) in [4.78, 5) is 6.52. The summed E-state index contributed by atoms with van der Waals surface area (Å²) in [7, 11) is 1.73. The van der Waals surface area contributed by atoms with Crippen LogP contribution in [0.2, 0.25) is 0 Å². The van der Waals surface area contributed by atoms with E-state index in [1.807, 2.05) is 0 Å². The van der Waals surface area contributed by atoms with E-state index in [1.165, 1.54) is 0 Å². The smallest absolute Gasteiger partial charge is 0.192 e. The zero-order valence-electron chi connectivity index (χ0n) is 11.0. The molecule has 0 aromatic carbocycles. The van der Waals surface area contributed by atoms with Crippen LogP contribution in [-0.2, 0) is 9.47 Å². The van der Waals surface area contributed by atoms with Crippen LogP contribution in [0.1, 0.15) is 26.7 Å². The van der Waals surface area contributed by atoms with Crippen molar-refractivity contribution in [1.82, 2.24) is 4.90 Å². The van der Waals surface area contributed by atoms with E-state index in [2.05, 4.69) is 23.7 Å². The molecule has 5 nitrogen and oxygen atoms in total. The Morgan fingerprint density at radius 3 is 3.06 bits per heavy atom. The second kappa shape index (κ2) is 4.82. The number of hydrogen-bond donors (Lipinski definition) is 1. The van der Waals surface area contributed by atoms with Gasteiger partial charge >= 0.3 is 0 Å². The van der Waals surface area contributed by atoms with Crippen LogP contribution >= 0.6 is 0 Å². The average Bonchev–Trinajstić information content (AvgIpc) is 2.92. The van der Waals surface area contributed by atoms with E-state index in [-0.39, 0.29) is 17.7 Å². The molecule has 1 saturated heterocycles. The Bertz CT molecular complexity index is 302. The molecule has 2 rings (SSSR count). The maximum absolute atomic E-state index is 5.99. The summed E-state index contributed by atoms with van der Waals surface area (Å²) in [6.07, 6.45) is 2.63. The van der Waals surface area contributed by atoms with Gasteiger partial charge in [0, 0.05) is 20.3 Å². The van der Waals surface area contributed by atoms with Crippen molar-refractivity contribution in [3.05, 3.63) is 0 Å². The summed E-state index contributed by atoms with van der Waals surface area (Å²) >= 11 is 0. The third-order valence-corrected chi connectivity index (χ3v) is 4.09. The molecule has 17 heavy (non-hydrogen) atoms. The van der Waals surface area contributed by atoms with Gasteiger partial charge in [-0.25, -0.2) is 0 Å². The summed E-state index contributed by atoms with van der Waals surface area (Å²) in [5.41, 5.74) is 5.84. The Morgan fingerprint density at radius 2 is 2.47 bits per heavy atom. The molecule has 3 atom stereocenters. The Balaban J connectivity index is 2.07. The monoisotopic (exact) mass is 241 g/mol. The van der Waals surface area contributed by atoms with Gasteiger partial charge in [0.05, 0.1) is 24.3 Å². The largest absolute Gasteiger partial charge is 0.379 e. The summed E-state index contributed by atoms with van der Waals surface area (Å²) in [5, 5.41) is 0. The van der Waals surface area contributed by atoms with Gasteiger partial charge in [0.15, 0.2) is 5.96 Å². The highest BCUT2D eigenvalue weighted by atomic mass is 16.5. The van der Waals surface area contributed by atoms with Gasteiger partial charge in [0.2, 0.25) is 0 Å². The Morgan fingerprint density at radius 1 is 1.71 bits per heavy atom. The summed E-state index contributed by atoms with van der Waals surface area (Å²) in [6.45, 7) is 6.60. The van der Waals surface area contributed by atoms with Crippen LogP contribution in [0.25, 0.3) is 0 Å². The van der Waals surface area contributed by atoms with E-state index in [4.69, 9.17) is 15.2 Å². The fourth-order valence-electron chi connectivity index (χ4n) is 2.57. The minimum Gasteiger partial charge on any atom is -0.379 e. The van der Waals surface area contributed by atoms with Crippen molar-refractivity contribution >= 4 is 5.96 Å². The van der Waals surface area contributed by atoms with Crippen molar-refractivity contribution in [1.29, 1.82) is 0 Å². The van der Waals surface area contributed by atoms with Crippen LogP contribution in [0.15, 0.2) is 4.99 Å². The van der Waals surface area contributed by atoms with E-state index >= 15 is 0 Å². The average molecular weight is 241 g/mol. The number of rotatable bonds is 4. The number of hydrogen-bond acceptors (Lipinski definition) is 5. The third-order valence-electron chi connectivity index (χ3n) is 4.09. The molecule has 2 aliphatic rings. The lowest BCUT2D eigenvalue weighted by Crippen LogP contribution is -2.58. The molecule has 3 unspecified atom stereocenters. The van der Waals surface area contributed by atoms with E-state index < -0.39 is 0 Å². The summed E-state index contributed by atoms with van der Waals surface area (Å²) in [6, 6.07) is 0. The molecule has 0 amide bonds. The summed E-state index contributed by atoms with van der Waals surface area (Å²) in [5.74, 6) is 0.618. The van der Waals surface area contributed by atoms with Gasteiger partial charge in [-0.3, -0.25) is 4.99 Å². The number of nitrogens with zero attached hydrogens (tertiary/aromatic N) is 2. The highest BCUT2D eigenvalue weighted by Gasteiger charge is 2.43. The molecule has 0 spiro atoms. The van der Waals surface area contributed by atoms with Gasteiger partial charge in [-0.05, 0) is 26.7 Å². The van der Waals surface area contributed by atoms with Crippen LogP contribution in [0, 0.1) is 0 Å². The Hall–Kier alpha value is -0.810. The van der Waals surface area contributed by atoms with Crippen molar-refractivity contribution in [3.63, 3.8) is 0 Å². The van der Waals surface area contributed by atoms with Crippen LogP contribution in [-0.4, -0.2) is 55.4 Å². The SMILES string of the molecule is COC(C)C1(C)CN=C(N)N1CC1CCCO1. The maximum atomic E-state index is 5.99. The molecule has 2 aliphatic heterocycles. The molecule has 98 valence electrons. The molecule has 0 saturated carbocycles. The highest BCUT2D eigenvalue weighted by Crippen LogP contribution is 2.28. The van der Waals surface area contributed by atoms with Gasteiger partial charge in [-0.1, -0.05) is 0 Å². The van der Waals surface area contributed by atoms with Crippen LogP contribution < -0.4 is 5.73 Å². The number of nitrogens with two attached hydrogens (primary N) is 1. The Kier molecular flexibility index (Phi) is 3.58. The number of methoxy groups -OCH3 is 1. The predicted molar refractivity (Wildman–Crippen MR) is 67.0 cm³/mol. The molecular formula is C12H23N3O2. The van der Waals surface area contributed by atoms with Crippen molar-refractivity contribution in [2.24, 2.45) is 10.7 Å². The van der Waals surface area contributed by atoms with E-state index in [0.717, 1.165) is 26.0 Å². The van der Waals surface area contributed by atoms with Crippen molar-refractivity contribution < 1.29 is 9.47 Å². The third kappa shape index (κ3) is 2.26. The number of ether oxygens (including phenoxy) is 2. The lowest BCUT2D eigenvalue weighted by atomic mass is 9.94. The normalized spacial score (nSPS) is 35.1. The lowest BCUT2D eigenvalue weighted by Gasteiger charge is -2.41. The van der Waals surface area contributed by atoms with Crippen molar-refractivity contribution in [2.45, 2.75) is 44.4 Å². The molecule has 0 aromatic heterocycles. The first-order valence-electron chi connectivity index (χ1n) is 6.30. The quantitative estimate of drug-likeness (QED) is 0.782. The molecule has 0 radical (unpaired) electrons. The maximum Gasteiger partial charge on any atom is 0.192 e. The molecule has 2 N–H and O–H groups in total. The fraction of sp³-hybridized carbons (Fsp3) is 0.917. The number of guanidine groups is 1. The standard InChI is InChI=1S/C12H23N3O2/c1-9(16-3)12(2)8-14-11(13)15(12)7-10-5-4-6-17-10/h9-10H,4-8H2,1-3H3,(H2,13,14). The van der Waals surface area contributed by atoms with Gasteiger partial charge < -0.3 is 20.1 Å². The zero-order chi connectivity index (χ0) is 12.5. The first kappa shape index (κ1) is 12.6. The van der Waals surface area contributed by atoms with Gasteiger partial charge in [-0.15, -0.1) is 0 Å². The second-order valence-electron chi connectivity index (χ2n) is 5.16. The van der Waals surface area contributed by atoms with E-state index in [0.29, 0.717) is 12.5 Å². The second-order valence-corrected chi connectivity index (χ2v) is 5.16. The molecule has 0 aliphatic carbocycles. The first-order valence-corrected chi connectivity index (χ1v) is 6.30. The van der Waals surface area contributed by atoms with Crippen LogP contribution in [0.3, 0.4) is 0 Å². The van der Waals surface area contributed by atoms with Crippen LogP contribution in [0.5, 0.6) is 0 Å². The highest BCUT2D eigenvalue weighted by molar-refractivity contribution is 5.81. The van der Waals surface area contributed by atoms with Gasteiger partial charge in [0.25, 0.3) is 0 Å². The molecule has 5 heteroatoms. The molecular weight excluding hydrogens is 218 g/mol. The van der Waals surface area contributed by atoms with Crippen molar-refractivity contribution in [3.8, 4) is 0 Å². The van der Waals surface area contributed by atoms with Gasteiger partial charge in [-0.2, -0.15) is 0 Å². The van der Waals surface area contributed by atoms with E-state index in [1.54, 1.807) is 7.11 Å². The Labute approximate surface area is 103 Å². The zero-order valence-corrected chi connectivity index (χ0v) is 11.0. The predicted octanol–water partition coefficient (Wildman–Crippen LogP) is 0.589. The minimum atomic E-state index is -0.148. The summed E-state index contributed by atoms with van der Waals surface area (Å²) < 4.78 is 11.1. The van der Waals surface area contributed by atoms with Crippen molar-refractivity contribution in [2.75, 3.05) is 26.8 Å². The molecule has 0 aromatic rings. The van der Waals surface area contributed by atoms with Crippen LogP contribution in [0.4, 0.5) is 0 Å². The molecule has 0 bridgehead atoms. The van der Waals surface area contributed by atoms with E-state index in [9.17, 15) is 0 Å². The first-order chi connectivity index (χ1) is 8.08. The van der Waals surface area contributed by atoms with Gasteiger partial charge in [0.1, 0.15) is 0 Å². The molecule has 2 heterocycles. The minimum absolute atomic E-state index is 0.0914. The fourth-order valence-corrected chi connectivity index (χ4v) is 2.57. The topological polar surface area (TPSA) is 60.1 Å². The lowest BCUT2D eigenvalue weighted by molar-refractivity contribution is -0.0108. The molecule has 1 fully saturated rings.